The molecule has 0 aromatic heterocycles. The maximum atomic E-state index is 11.4. The molecule has 0 saturated carbocycles. The molecule has 0 rings (SSSR count). The molecule has 0 unspecified atom stereocenters. The molecule has 4 nitrogen and oxygen atoms in total. The molecule has 0 amide bonds. The first-order valence-corrected chi connectivity index (χ1v) is 10.2. The van der Waals surface area contributed by atoms with Gasteiger partial charge in [0.05, 0.1) is 6.54 Å². The molecule has 0 aromatic rings. The summed E-state index contributed by atoms with van der Waals surface area (Å²) in [5, 5.41) is 2.66. The van der Waals surface area contributed by atoms with Gasteiger partial charge in [-0.2, -0.15) is 0 Å². The minimum Gasteiger partial charge on any atom is -0.392 e. The van der Waals surface area contributed by atoms with Gasteiger partial charge in [-0.3, -0.25) is 9.59 Å². The van der Waals surface area contributed by atoms with Gasteiger partial charge in [0, 0.05) is 65.5 Å². The number of hydrogen-bond donors (Lipinski definition) is 1. The van der Waals surface area contributed by atoms with E-state index >= 15 is 0 Å². The molecule has 0 heterocycles. The first-order chi connectivity index (χ1) is 12.2. The number of carbonyl (C=O) groups excluding carboxylic acids is 2. The van der Waals surface area contributed by atoms with Gasteiger partial charge in [-0.15, -0.1) is 0 Å². The van der Waals surface area contributed by atoms with E-state index in [-0.39, 0.29) is 65.7 Å². The summed E-state index contributed by atoms with van der Waals surface area (Å²) in [5.41, 5.74) is 0. The average molecular weight is 400 g/mol. The predicted molar refractivity (Wildman–Crippen MR) is 116 cm³/mol. The minimum absolute atomic E-state index is 0. The van der Waals surface area contributed by atoms with Crippen LogP contribution in [-0.4, -0.2) is 84.6 Å². The summed E-state index contributed by atoms with van der Waals surface area (Å²) >= 11 is 0. The second-order valence-electron chi connectivity index (χ2n) is 6.71. The first kappa shape index (κ1) is 32.5. The standard InChI is InChI=1S/C21H39NO3.2Na/c1-3-4-5-6-7-8-9-10-11-12-13-14-15-16-17-18-20(23)25-21(24)19-22-2;;/h10-11,22H,3-9,12-19H2,1-2H3;;/b11-10-;;. The third kappa shape index (κ3) is 26.8. The smallest absolute Gasteiger partial charge is 0.327 e. The Morgan fingerprint density at radius 3 is 1.74 bits per heavy atom. The zero-order valence-corrected chi connectivity index (χ0v) is 22.5. The van der Waals surface area contributed by atoms with Crippen molar-refractivity contribution in [2.75, 3.05) is 13.6 Å². The van der Waals surface area contributed by atoms with Crippen molar-refractivity contribution in [3.63, 3.8) is 0 Å². The van der Waals surface area contributed by atoms with E-state index in [0.717, 1.165) is 25.7 Å². The van der Waals surface area contributed by atoms with Gasteiger partial charge in [-0.05, 0) is 39.2 Å². The maximum absolute atomic E-state index is 11.4. The molecule has 6 heteroatoms. The molecule has 148 valence electrons. The van der Waals surface area contributed by atoms with Crippen LogP contribution in [0.3, 0.4) is 0 Å². The number of nitrogens with one attached hydrogen (secondary N) is 1. The molecule has 27 heavy (non-hydrogen) atoms. The van der Waals surface area contributed by atoms with Crippen LogP contribution < -0.4 is 5.32 Å². The Bertz CT molecular complexity index is 363. The maximum Gasteiger partial charge on any atom is 0.327 e. The first-order valence-electron chi connectivity index (χ1n) is 10.2. The normalized spacial score (nSPS) is 10.3. The van der Waals surface area contributed by atoms with Gasteiger partial charge >= 0.3 is 11.9 Å². The van der Waals surface area contributed by atoms with Crippen molar-refractivity contribution in [2.24, 2.45) is 0 Å². The molecular weight excluding hydrogens is 360 g/mol. The zero-order valence-electron chi connectivity index (χ0n) is 18.5. The van der Waals surface area contributed by atoms with Crippen molar-refractivity contribution in [3.05, 3.63) is 12.2 Å². The van der Waals surface area contributed by atoms with Crippen LogP contribution in [0.25, 0.3) is 0 Å². The van der Waals surface area contributed by atoms with Crippen LogP contribution in [0.1, 0.15) is 96.8 Å². The minimum atomic E-state index is -0.500. The predicted octanol–water partition coefficient (Wildman–Crippen LogP) is 4.55. The van der Waals surface area contributed by atoms with E-state index < -0.39 is 11.9 Å². The van der Waals surface area contributed by atoms with E-state index in [4.69, 9.17) is 0 Å². The molecule has 2 radical (unpaired) electrons. The van der Waals surface area contributed by atoms with E-state index in [1.165, 1.54) is 57.8 Å². The molecule has 0 saturated heterocycles. The van der Waals surface area contributed by atoms with Crippen LogP contribution in [0.4, 0.5) is 0 Å². The van der Waals surface area contributed by atoms with Crippen LogP contribution in [0.2, 0.25) is 0 Å². The summed E-state index contributed by atoms with van der Waals surface area (Å²) in [7, 11) is 1.65. The number of unbranched alkanes of at least 4 members (excludes halogenated alkanes) is 11. The molecule has 0 aliphatic carbocycles. The Kier molecular flexibility index (Phi) is 32.3. The molecule has 0 fully saturated rings. The summed E-state index contributed by atoms with van der Waals surface area (Å²) in [6, 6.07) is 0. The zero-order chi connectivity index (χ0) is 18.6. The van der Waals surface area contributed by atoms with E-state index in [0.29, 0.717) is 6.42 Å². The molecule has 0 bridgehead atoms. The van der Waals surface area contributed by atoms with E-state index in [2.05, 4.69) is 29.1 Å². The molecule has 0 aliphatic rings. The Morgan fingerprint density at radius 1 is 0.741 bits per heavy atom. The fourth-order valence-electron chi connectivity index (χ4n) is 2.70. The molecule has 0 aromatic carbocycles. The van der Waals surface area contributed by atoms with Crippen LogP contribution in [-0.2, 0) is 14.3 Å². The van der Waals surface area contributed by atoms with Crippen LogP contribution in [0.5, 0.6) is 0 Å². The number of hydrogen-bond acceptors (Lipinski definition) is 4. The Balaban J connectivity index is -0.00000288. The van der Waals surface area contributed by atoms with Crippen molar-refractivity contribution < 1.29 is 14.3 Å². The molecule has 0 spiro atoms. The van der Waals surface area contributed by atoms with Crippen LogP contribution >= 0.6 is 0 Å². The summed E-state index contributed by atoms with van der Waals surface area (Å²) in [5.74, 6) is -0.905. The Hall–Kier alpha value is 0.840. The topological polar surface area (TPSA) is 55.4 Å². The van der Waals surface area contributed by atoms with Crippen LogP contribution in [0, 0.1) is 0 Å². The number of rotatable bonds is 17. The average Bonchev–Trinajstić information content (AvgIpc) is 2.58. The van der Waals surface area contributed by atoms with Gasteiger partial charge in [0.25, 0.3) is 0 Å². The molecule has 1 N–H and O–H groups in total. The van der Waals surface area contributed by atoms with E-state index in [1.54, 1.807) is 7.05 Å². The molecule has 0 aliphatic heterocycles. The van der Waals surface area contributed by atoms with Gasteiger partial charge in [-0.1, -0.05) is 70.4 Å². The summed E-state index contributed by atoms with van der Waals surface area (Å²) in [6.45, 7) is 2.34. The number of likely N-dealkylation sites (N-methyl/N-ethyl adjacent to an activating group) is 1. The quantitative estimate of drug-likeness (QED) is 0.128. The van der Waals surface area contributed by atoms with Crippen molar-refractivity contribution in [1.29, 1.82) is 0 Å². The van der Waals surface area contributed by atoms with Crippen molar-refractivity contribution in [2.45, 2.75) is 96.8 Å². The SMILES string of the molecule is CCCCCCCC/C=C\CCCCCCCC(=O)OC(=O)CNC.[Na].[Na]. The van der Waals surface area contributed by atoms with Crippen molar-refractivity contribution in [3.8, 4) is 0 Å². The Labute approximate surface area is 211 Å². The van der Waals surface area contributed by atoms with Gasteiger partial charge in [0.15, 0.2) is 0 Å². The molecular formula is C21H39NNa2O3. The fourth-order valence-corrected chi connectivity index (χ4v) is 2.70. The number of allylic oxidation sites excluding steroid dienone is 2. The third-order valence-corrected chi connectivity index (χ3v) is 4.19. The van der Waals surface area contributed by atoms with Crippen molar-refractivity contribution >= 4 is 71.1 Å². The largest absolute Gasteiger partial charge is 0.392 e. The van der Waals surface area contributed by atoms with Gasteiger partial charge in [0.2, 0.25) is 0 Å². The van der Waals surface area contributed by atoms with E-state index in [1.807, 2.05) is 0 Å². The van der Waals surface area contributed by atoms with Crippen molar-refractivity contribution in [1.82, 2.24) is 5.32 Å². The summed E-state index contributed by atoms with van der Waals surface area (Å²) in [4.78, 5) is 22.5. The monoisotopic (exact) mass is 399 g/mol. The van der Waals surface area contributed by atoms with Gasteiger partial charge in [-0.25, -0.2) is 0 Å². The molecule has 0 atom stereocenters. The summed E-state index contributed by atoms with van der Waals surface area (Å²) in [6.07, 6.45) is 20.9. The Morgan fingerprint density at radius 2 is 1.22 bits per heavy atom. The second kappa shape index (κ2) is 26.8. The number of carbonyl (C=O) groups is 2. The van der Waals surface area contributed by atoms with Gasteiger partial charge in [0.1, 0.15) is 0 Å². The number of ether oxygens (including phenoxy) is 1. The third-order valence-electron chi connectivity index (χ3n) is 4.19. The fraction of sp³-hybridized carbons (Fsp3) is 0.810. The second-order valence-corrected chi connectivity index (χ2v) is 6.71. The van der Waals surface area contributed by atoms with Gasteiger partial charge < -0.3 is 10.1 Å². The van der Waals surface area contributed by atoms with E-state index in [9.17, 15) is 9.59 Å². The number of esters is 2. The van der Waals surface area contributed by atoms with Crippen LogP contribution in [0.15, 0.2) is 12.2 Å². The summed E-state index contributed by atoms with van der Waals surface area (Å²) < 4.78 is 4.66.